The van der Waals surface area contributed by atoms with Crippen molar-refractivity contribution in [1.82, 2.24) is 19.4 Å². The van der Waals surface area contributed by atoms with E-state index in [-0.39, 0.29) is 5.91 Å². The predicted molar refractivity (Wildman–Crippen MR) is 118 cm³/mol. The minimum absolute atomic E-state index is 0.0953. The number of hydrogen-bond acceptors (Lipinski definition) is 5. The molecule has 4 heterocycles. The Morgan fingerprint density at radius 1 is 1.16 bits per heavy atom. The number of benzene rings is 1. The Morgan fingerprint density at radius 3 is 2.74 bits per heavy atom. The second kappa shape index (κ2) is 7.50. The molecule has 3 aromatic heterocycles. The number of rotatable bonds is 4. The lowest BCUT2D eigenvalue weighted by Crippen LogP contribution is -2.24. The number of imidazole rings is 1. The second-order valence-electron chi connectivity index (χ2n) is 7.23. The smallest absolute Gasteiger partial charge is 0.228 e. The van der Waals surface area contributed by atoms with Crippen molar-refractivity contribution >= 4 is 23.4 Å². The Kier molecular flexibility index (Phi) is 4.53. The van der Waals surface area contributed by atoms with Crippen LogP contribution in [0, 0.1) is 11.3 Å². The molecule has 7 heteroatoms. The molecule has 0 atom stereocenters. The summed E-state index contributed by atoms with van der Waals surface area (Å²) in [4.78, 5) is 27.6. The standard InChI is InChI=1S/C24H18N6O/c1-2-19-24-26-11-13-30(24)23(22(28-19)18-7-4-3-6-16(18)14-25)17-9-10-20(27-15-17)29-12-5-8-21(29)31/h2-4,6-7,9-11,13,15H,1,5,8,12H2. The van der Waals surface area contributed by atoms with E-state index in [1.807, 2.05) is 40.9 Å². The molecule has 4 aromatic rings. The number of carbonyl (C=O) groups is 1. The molecular weight excluding hydrogens is 388 g/mol. The summed E-state index contributed by atoms with van der Waals surface area (Å²) < 4.78 is 1.94. The maximum atomic E-state index is 12.1. The van der Waals surface area contributed by atoms with E-state index in [0.717, 1.165) is 23.2 Å². The Morgan fingerprint density at radius 2 is 2.03 bits per heavy atom. The van der Waals surface area contributed by atoms with Crippen molar-refractivity contribution < 1.29 is 4.79 Å². The van der Waals surface area contributed by atoms with Crippen LogP contribution in [-0.2, 0) is 4.79 Å². The Bertz CT molecular complexity index is 1360. The van der Waals surface area contributed by atoms with Crippen molar-refractivity contribution in [2.75, 3.05) is 11.4 Å². The number of hydrogen-bond donors (Lipinski definition) is 0. The number of aromatic nitrogens is 4. The Hall–Kier alpha value is -4.31. The highest BCUT2D eigenvalue weighted by atomic mass is 16.2. The molecule has 0 radical (unpaired) electrons. The quantitative estimate of drug-likeness (QED) is 0.509. The second-order valence-corrected chi connectivity index (χ2v) is 7.23. The van der Waals surface area contributed by atoms with Gasteiger partial charge in [-0.2, -0.15) is 5.26 Å². The molecule has 0 unspecified atom stereocenters. The minimum atomic E-state index is 0.0953. The first-order chi connectivity index (χ1) is 15.2. The molecule has 7 nitrogen and oxygen atoms in total. The van der Waals surface area contributed by atoms with Gasteiger partial charge in [0.05, 0.1) is 23.0 Å². The summed E-state index contributed by atoms with van der Waals surface area (Å²) in [6.07, 6.45) is 8.36. The van der Waals surface area contributed by atoms with Crippen LogP contribution in [0.5, 0.6) is 0 Å². The molecule has 1 aliphatic heterocycles. The fourth-order valence-corrected chi connectivity index (χ4v) is 3.97. The van der Waals surface area contributed by atoms with Gasteiger partial charge in [0.2, 0.25) is 5.91 Å². The molecule has 0 saturated carbocycles. The van der Waals surface area contributed by atoms with E-state index in [4.69, 9.17) is 4.98 Å². The van der Waals surface area contributed by atoms with Gasteiger partial charge in [-0.05, 0) is 30.7 Å². The highest BCUT2D eigenvalue weighted by molar-refractivity contribution is 5.94. The van der Waals surface area contributed by atoms with E-state index >= 15 is 0 Å². The summed E-state index contributed by atoms with van der Waals surface area (Å²) in [5, 5.41) is 9.66. The monoisotopic (exact) mass is 406 g/mol. The normalized spacial score (nSPS) is 13.5. The molecule has 5 rings (SSSR count). The molecule has 150 valence electrons. The molecule has 31 heavy (non-hydrogen) atoms. The molecule has 1 amide bonds. The van der Waals surface area contributed by atoms with Crippen LogP contribution in [0.15, 0.2) is 61.6 Å². The van der Waals surface area contributed by atoms with Crippen molar-refractivity contribution in [3.8, 4) is 28.6 Å². The molecule has 1 saturated heterocycles. The van der Waals surface area contributed by atoms with Crippen LogP contribution >= 0.6 is 0 Å². The molecule has 0 spiro atoms. The van der Waals surface area contributed by atoms with Gasteiger partial charge in [-0.25, -0.2) is 15.0 Å². The van der Waals surface area contributed by atoms with Crippen LogP contribution < -0.4 is 4.90 Å². The average Bonchev–Trinajstić information content (AvgIpc) is 3.47. The highest BCUT2D eigenvalue weighted by Gasteiger charge is 2.24. The Balaban J connectivity index is 1.74. The third-order valence-corrected chi connectivity index (χ3v) is 5.43. The molecule has 1 fully saturated rings. The third-order valence-electron chi connectivity index (χ3n) is 5.43. The van der Waals surface area contributed by atoms with Gasteiger partial charge in [0, 0.05) is 42.7 Å². The van der Waals surface area contributed by atoms with Crippen LogP contribution in [0.1, 0.15) is 24.1 Å². The first kappa shape index (κ1) is 18.7. The zero-order chi connectivity index (χ0) is 21.4. The molecule has 0 bridgehead atoms. The van der Waals surface area contributed by atoms with Gasteiger partial charge in [-0.3, -0.25) is 14.1 Å². The molecule has 0 N–H and O–H groups in total. The number of anilines is 1. The lowest BCUT2D eigenvalue weighted by molar-refractivity contribution is -0.117. The number of fused-ring (bicyclic) bond motifs is 1. The first-order valence-electron chi connectivity index (χ1n) is 9.97. The van der Waals surface area contributed by atoms with Gasteiger partial charge in [-0.15, -0.1) is 0 Å². The number of carbonyl (C=O) groups excluding carboxylic acids is 1. The predicted octanol–water partition coefficient (Wildman–Crippen LogP) is 4.10. The summed E-state index contributed by atoms with van der Waals surface area (Å²) in [5.74, 6) is 0.737. The molecule has 0 aliphatic carbocycles. The average molecular weight is 406 g/mol. The lowest BCUT2D eigenvalue weighted by atomic mass is 10.0. The fourth-order valence-electron chi connectivity index (χ4n) is 3.97. The van der Waals surface area contributed by atoms with E-state index in [2.05, 4.69) is 22.6 Å². The van der Waals surface area contributed by atoms with E-state index in [0.29, 0.717) is 41.4 Å². The molecule has 1 aliphatic rings. The van der Waals surface area contributed by atoms with Crippen LogP contribution in [0.4, 0.5) is 5.82 Å². The first-order valence-corrected chi connectivity index (χ1v) is 9.97. The van der Waals surface area contributed by atoms with Crippen molar-refractivity contribution in [3.63, 3.8) is 0 Å². The van der Waals surface area contributed by atoms with Crippen LogP contribution in [0.3, 0.4) is 0 Å². The Labute approximate surface area is 178 Å². The maximum Gasteiger partial charge on any atom is 0.228 e. The number of pyridine rings is 1. The van der Waals surface area contributed by atoms with Crippen molar-refractivity contribution in [1.29, 1.82) is 5.26 Å². The van der Waals surface area contributed by atoms with Gasteiger partial charge >= 0.3 is 0 Å². The van der Waals surface area contributed by atoms with E-state index in [9.17, 15) is 10.1 Å². The van der Waals surface area contributed by atoms with Crippen molar-refractivity contribution in [2.45, 2.75) is 12.8 Å². The van der Waals surface area contributed by atoms with Gasteiger partial charge < -0.3 is 0 Å². The number of nitrogens with zero attached hydrogens (tertiary/aromatic N) is 6. The maximum absolute atomic E-state index is 12.1. The van der Waals surface area contributed by atoms with Crippen LogP contribution in [-0.4, -0.2) is 31.8 Å². The SMILES string of the molecule is C=Cc1nc(-c2ccccc2C#N)c(-c2ccc(N3CCCC3=O)nc2)n2ccnc12. The van der Waals surface area contributed by atoms with Gasteiger partial charge in [-0.1, -0.05) is 24.8 Å². The van der Waals surface area contributed by atoms with E-state index < -0.39 is 0 Å². The van der Waals surface area contributed by atoms with Gasteiger partial charge in [0.15, 0.2) is 5.65 Å². The largest absolute Gasteiger partial charge is 0.297 e. The molecule has 1 aromatic carbocycles. The lowest BCUT2D eigenvalue weighted by Gasteiger charge is -2.17. The van der Waals surface area contributed by atoms with Crippen molar-refractivity contribution in [2.24, 2.45) is 0 Å². The summed E-state index contributed by atoms with van der Waals surface area (Å²) in [6, 6.07) is 13.4. The van der Waals surface area contributed by atoms with E-state index in [1.165, 1.54) is 0 Å². The summed E-state index contributed by atoms with van der Waals surface area (Å²) >= 11 is 0. The number of nitriles is 1. The summed E-state index contributed by atoms with van der Waals surface area (Å²) in [7, 11) is 0. The van der Waals surface area contributed by atoms with Crippen LogP contribution in [0.2, 0.25) is 0 Å². The van der Waals surface area contributed by atoms with Gasteiger partial charge in [0.25, 0.3) is 0 Å². The zero-order valence-electron chi connectivity index (χ0n) is 16.7. The number of amides is 1. The van der Waals surface area contributed by atoms with Gasteiger partial charge in [0.1, 0.15) is 11.5 Å². The molecular formula is C24H18N6O. The van der Waals surface area contributed by atoms with Crippen molar-refractivity contribution in [3.05, 3.63) is 72.8 Å². The van der Waals surface area contributed by atoms with Crippen LogP contribution in [0.25, 0.3) is 34.2 Å². The minimum Gasteiger partial charge on any atom is -0.297 e. The topological polar surface area (TPSA) is 87.2 Å². The highest BCUT2D eigenvalue weighted by Crippen LogP contribution is 2.34. The van der Waals surface area contributed by atoms with E-state index in [1.54, 1.807) is 29.4 Å². The third kappa shape index (κ3) is 3.06. The zero-order valence-corrected chi connectivity index (χ0v) is 16.7. The fraction of sp³-hybridized carbons (Fsp3) is 0.125. The summed E-state index contributed by atoms with van der Waals surface area (Å²) in [6.45, 7) is 4.56. The summed E-state index contributed by atoms with van der Waals surface area (Å²) in [5.41, 5.74) is 4.77.